The van der Waals surface area contributed by atoms with Crippen LogP contribution in [0.4, 0.5) is 4.39 Å². The lowest BCUT2D eigenvalue weighted by molar-refractivity contribution is -0.131. The first-order valence-electron chi connectivity index (χ1n) is 6.07. The van der Waals surface area contributed by atoms with Crippen LogP contribution in [-0.2, 0) is 4.79 Å². The number of carboxylic acid groups (broad SMARTS) is 1. The molecule has 21 heavy (non-hydrogen) atoms. The maximum Gasteiger partial charge on any atom is 0.377 e. The summed E-state index contributed by atoms with van der Waals surface area (Å²) in [5.74, 6) is -2.81. The van der Waals surface area contributed by atoms with E-state index in [0.29, 0.717) is 16.6 Å². The molecule has 1 heterocycles. The zero-order valence-corrected chi connectivity index (χ0v) is 10.7. The van der Waals surface area contributed by atoms with E-state index in [4.69, 9.17) is 5.11 Å². The Morgan fingerprint density at radius 2 is 1.81 bits per heavy atom. The van der Waals surface area contributed by atoms with E-state index in [2.05, 4.69) is 5.10 Å². The van der Waals surface area contributed by atoms with Gasteiger partial charge in [-0.2, -0.15) is 5.10 Å². The summed E-state index contributed by atoms with van der Waals surface area (Å²) in [6.07, 6.45) is 1.53. The van der Waals surface area contributed by atoms with Crippen LogP contribution in [0.15, 0.2) is 48.7 Å². The zero-order valence-electron chi connectivity index (χ0n) is 10.7. The molecule has 6 heteroatoms. The molecule has 2 aromatic carbocycles. The Kier molecular flexibility index (Phi) is 2.98. The second-order valence-corrected chi connectivity index (χ2v) is 4.44. The number of carbonyl (C=O) groups is 2. The molecule has 0 saturated heterocycles. The van der Waals surface area contributed by atoms with E-state index in [1.54, 1.807) is 22.9 Å². The predicted molar refractivity (Wildman–Crippen MR) is 73.0 cm³/mol. The lowest BCUT2D eigenvalue weighted by Crippen LogP contribution is -2.12. The molecule has 0 aliphatic heterocycles. The first-order chi connectivity index (χ1) is 10.1. The molecule has 0 radical (unpaired) electrons. The normalized spacial score (nSPS) is 10.7. The van der Waals surface area contributed by atoms with E-state index in [1.807, 2.05) is 0 Å². The number of carboxylic acids is 1. The molecule has 1 aromatic heterocycles. The van der Waals surface area contributed by atoms with Crippen LogP contribution in [0, 0.1) is 5.82 Å². The van der Waals surface area contributed by atoms with Crippen LogP contribution in [-0.4, -0.2) is 26.6 Å². The summed E-state index contributed by atoms with van der Waals surface area (Å²) >= 11 is 0. The smallest absolute Gasteiger partial charge is 0.377 e. The summed E-state index contributed by atoms with van der Waals surface area (Å²) < 4.78 is 14.5. The molecule has 0 amide bonds. The third-order valence-electron chi connectivity index (χ3n) is 3.10. The third kappa shape index (κ3) is 2.27. The molecule has 0 bridgehead atoms. The predicted octanol–water partition coefficient (Wildman–Crippen LogP) is 2.43. The van der Waals surface area contributed by atoms with Crippen molar-refractivity contribution in [2.24, 2.45) is 0 Å². The molecule has 3 rings (SSSR count). The van der Waals surface area contributed by atoms with Crippen molar-refractivity contribution in [3.63, 3.8) is 0 Å². The largest absolute Gasteiger partial charge is 0.475 e. The first kappa shape index (κ1) is 13.0. The van der Waals surface area contributed by atoms with Crippen LogP contribution in [0.2, 0.25) is 0 Å². The van der Waals surface area contributed by atoms with Crippen molar-refractivity contribution in [2.75, 3.05) is 0 Å². The molecule has 0 spiro atoms. The fourth-order valence-electron chi connectivity index (χ4n) is 2.09. The maximum atomic E-state index is 12.9. The molecule has 0 aliphatic rings. The fourth-order valence-corrected chi connectivity index (χ4v) is 2.09. The van der Waals surface area contributed by atoms with E-state index in [9.17, 15) is 14.0 Å². The molecule has 5 nitrogen and oxygen atoms in total. The average Bonchev–Trinajstić information content (AvgIpc) is 2.90. The third-order valence-corrected chi connectivity index (χ3v) is 3.10. The minimum absolute atomic E-state index is 0.0913. The highest BCUT2D eigenvalue weighted by atomic mass is 19.1. The molecule has 3 aromatic rings. The van der Waals surface area contributed by atoms with Gasteiger partial charge in [-0.1, -0.05) is 0 Å². The van der Waals surface area contributed by atoms with Gasteiger partial charge in [-0.3, -0.25) is 4.79 Å². The standard InChI is InChI=1S/C15H9FN2O3/c16-11-2-4-12(5-3-11)18-13-6-1-9(14(19)15(20)21)7-10(13)8-17-18/h1-8H,(H,20,21). The van der Waals surface area contributed by atoms with E-state index in [-0.39, 0.29) is 11.4 Å². The quantitative estimate of drug-likeness (QED) is 0.592. The van der Waals surface area contributed by atoms with Gasteiger partial charge in [0.25, 0.3) is 5.78 Å². The van der Waals surface area contributed by atoms with Crippen LogP contribution in [0.25, 0.3) is 16.6 Å². The van der Waals surface area contributed by atoms with Crippen molar-refractivity contribution in [1.82, 2.24) is 9.78 Å². The monoisotopic (exact) mass is 284 g/mol. The van der Waals surface area contributed by atoms with Crippen LogP contribution in [0.5, 0.6) is 0 Å². The summed E-state index contributed by atoms with van der Waals surface area (Å²) in [5.41, 5.74) is 1.46. The number of Topliss-reactive ketones (excluding diaryl/α,β-unsaturated/α-hetero) is 1. The molecule has 0 fully saturated rings. The Morgan fingerprint density at radius 3 is 2.48 bits per heavy atom. The van der Waals surface area contributed by atoms with E-state index in [1.165, 1.54) is 30.5 Å². The van der Waals surface area contributed by atoms with E-state index >= 15 is 0 Å². The Morgan fingerprint density at radius 1 is 1.10 bits per heavy atom. The van der Waals surface area contributed by atoms with Gasteiger partial charge in [0.15, 0.2) is 0 Å². The van der Waals surface area contributed by atoms with Gasteiger partial charge in [-0.15, -0.1) is 0 Å². The summed E-state index contributed by atoms with van der Waals surface area (Å²) in [6.45, 7) is 0. The number of ketones is 1. The summed E-state index contributed by atoms with van der Waals surface area (Å²) in [6, 6.07) is 10.3. The number of rotatable bonds is 3. The Bertz CT molecular complexity index is 853. The number of nitrogens with zero attached hydrogens (tertiary/aromatic N) is 2. The SMILES string of the molecule is O=C(O)C(=O)c1ccc2c(cnn2-c2ccc(F)cc2)c1. The van der Waals surface area contributed by atoms with Gasteiger partial charge in [-0.25, -0.2) is 13.9 Å². The van der Waals surface area contributed by atoms with Crippen molar-refractivity contribution >= 4 is 22.7 Å². The summed E-state index contributed by atoms with van der Waals surface area (Å²) in [7, 11) is 0. The number of fused-ring (bicyclic) bond motifs is 1. The van der Waals surface area contributed by atoms with Crippen molar-refractivity contribution in [3.05, 3.63) is 60.0 Å². The van der Waals surface area contributed by atoms with Crippen molar-refractivity contribution in [2.45, 2.75) is 0 Å². The Hall–Kier alpha value is -3.02. The van der Waals surface area contributed by atoms with Gasteiger partial charge in [0.1, 0.15) is 5.82 Å². The van der Waals surface area contributed by atoms with E-state index in [0.717, 1.165) is 0 Å². The Balaban J connectivity index is 2.09. The van der Waals surface area contributed by atoms with Gasteiger partial charge < -0.3 is 5.11 Å². The highest BCUT2D eigenvalue weighted by Crippen LogP contribution is 2.20. The number of carbonyl (C=O) groups excluding carboxylic acids is 1. The Labute approximate surface area is 118 Å². The van der Waals surface area contributed by atoms with Gasteiger partial charge in [-0.05, 0) is 42.5 Å². The lowest BCUT2D eigenvalue weighted by Gasteiger charge is -2.03. The number of aromatic nitrogens is 2. The second-order valence-electron chi connectivity index (χ2n) is 4.44. The van der Waals surface area contributed by atoms with Gasteiger partial charge in [0.05, 0.1) is 17.4 Å². The highest BCUT2D eigenvalue weighted by Gasteiger charge is 2.15. The van der Waals surface area contributed by atoms with Crippen molar-refractivity contribution < 1.29 is 19.1 Å². The number of hydrogen-bond donors (Lipinski definition) is 1. The number of aliphatic carboxylic acids is 1. The van der Waals surface area contributed by atoms with Gasteiger partial charge in [0.2, 0.25) is 0 Å². The first-order valence-corrected chi connectivity index (χ1v) is 6.07. The maximum absolute atomic E-state index is 12.9. The van der Waals surface area contributed by atoms with Crippen molar-refractivity contribution in [1.29, 1.82) is 0 Å². The number of hydrogen-bond acceptors (Lipinski definition) is 3. The molecular formula is C15H9FN2O3. The molecule has 0 saturated carbocycles. The molecule has 0 aliphatic carbocycles. The van der Waals surface area contributed by atoms with Crippen molar-refractivity contribution in [3.8, 4) is 5.69 Å². The molecular weight excluding hydrogens is 275 g/mol. The second kappa shape index (κ2) is 4.82. The topological polar surface area (TPSA) is 72.2 Å². The lowest BCUT2D eigenvalue weighted by atomic mass is 10.1. The molecule has 104 valence electrons. The number of benzene rings is 2. The van der Waals surface area contributed by atoms with E-state index < -0.39 is 11.8 Å². The highest BCUT2D eigenvalue weighted by molar-refractivity contribution is 6.40. The van der Waals surface area contributed by atoms with Crippen LogP contribution >= 0.6 is 0 Å². The van der Waals surface area contributed by atoms with Crippen LogP contribution < -0.4 is 0 Å². The molecule has 1 N–H and O–H groups in total. The number of halogens is 1. The zero-order chi connectivity index (χ0) is 15.0. The van der Waals surface area contributed by atoms with Gasteiger partial charge in [0, 0.05) is 10.9 Å². The summed E-state index contributed by atoms with van der Waals surface area (Å²) in [4.78, 5) is 22.1. The molecule has 0 atom stereocenters. The average molecular weight is 284 g/mol. The minimum atomic E-state index is -1.50. The van der Waals surface area contributed by atoms with Gasteiger partial charge >= 0.3 is 5.97 Å². The fraction of sp³-hybridized carbons (Fsp3) is 0. The summed E-state index contributed by atoms with van der Waals surface area (Å²) in [5, 5.41) is 13.5. The van der Waals surface area contributed by atoms with Crippen LogP contribution in [0.1, 0.15) is 10.4 Å². The molecule has 0 unspecified atom stereocenters. The van der Waals surface area contributed by atoms with Crippen LogP contribution in [0.3, 0.4) is 0 Å². The minimum Gasteiger partial charge on any atom is -0.475 e.